The predicted molar refractivity (Wildman–Crippen MR) is 83.8 cm³/mol. The maximum absolute atomic E-state index is 4.42. The summed E-state index contributed by atoms with van der Waals surface area (Å²) >= 11 is 0. The summed E-state index contributed by atoms with van der Waals surface area (Å²) in [5.41, 5.74) is 1.11. The van der Waals surface area contributed by atoms with Gasteiger partial charge in [-0.15, -0.1) is 5.10 Å². The number of hydrogen-bond acceptors (Lipinski definition) is 4. The molecule has 1 aromatic rings. The highest BCUT2D eigenvalue weighted by Crippen LogP contribution is 2.25. The zero-order valence-electron chi connectivity index (χ0n) is 13.5. The van der Waals surface area contributed by atoms with Crippen LogP contribution in [0.4, 0.5) is 5.82 Å². The predicted octanol–water partition coefficient (Wildman–Crippen LogP) is 2.99. The fourth-order valence-corrected chi connectivity index (χ4v) is 2.56. The first-order valence-corrected chi connectivity index (χ1v) is 7.69. The third kappa shape index (κ3) is 4.17. The highest BCUT2D eigenvalue weighted by Gasteiger charge is 2.24. The number of hydrogen-bond donors (Lipinski definition) is 1. The van der Waals surface area contributed by atoms with Crippen molar-refractivity contribution in [2.24, 2.45) is 5.92 Å². The first kappa shape index (κ1) is 15.2. The molecule has 2 rings (SSSR count). The molecule has 2 atom stereocenters. The number of rotatable bonds is 3. The van der Waals surface area contributed by atoms with Gasteiger partial charge in [-0.2, -0.15) is 5.10 Å². The molecule has 1 aliphatic rings. The molecule has 112 valence electrons. The second-order valence-electron chi connectivity index (χ2n) is 7.17. The van der Waals surface area contributed by atoms with Crippen LogP contribution in [-0.2, 0) is 6.54 Å². The van der Waals surface area contributed by atoms with E-state index in [0.717, 1.165) is 30.5 Å². The Morgan fingerprint density at radius 2 is 1.95 bits per heavy atom. The number of nitrogens with one attached hydrogen (secondary N) is 1. The van der Waals surface area contributed by atoms with Gasteiger partial charge >= 0.3 is 0 Å². The van der Waals surface area contributed by atoms with E-state index in [1.54, 1.807) is 0 Å². The minimum atomic E-state index is 0.108. The van der Waals surface area contributed by atoms with Crippen molar-refractivity contribution in [3.8, 4) is 0 Å². The van der Waals surface area contributed by atoms with Gasteiger partial charge in [0.2, 0.25) is 0 Å². The Balaban J connectivity index is 2.00. The monoisotopic (exact) mass is 276 g/mol. The van der Waals surface area contributed by atoms with Crippen molar-refractivity contribution >= 4 is 5.82 Å². The Bertz CT molecular complexity index is 421. The van der Waals surface area contributed by atoms with Gasteiger partial charge in [0.15, 0.2) is 5.82 Å². The summed E-state index contributed by atoms with van der Waals surface area (Å²) in [6.07, 6.45) is 2.56. The summed E-state index contributed by atoms with van der Waals surface area (Å²) in [7, 11) is 0. The van der Waals surface area contributed by atoms with Gasteiger partial charge in [0.1, 0.15) is 0 Å². The van der Waals surface area contributed by atoms with Gasteiger partial charge in [-0.3, -0.25) is 0 Å². The van der Waals surface area contributed by atoms with Crippen molar-refractivity contribution in [3.63, 3.8) is 0 Å². The summed E-state index contributed by atoms with van der Waals surface area (Å²) in [5.74, 6) is 1.76. The van der Waals surface area contributed by atoms with E-state index in [2.05, 4.69) is 67.2 Å². The summed E-state index contributed by atoms with van der Waals surface area (Å²) in [5, 5.41) is 12.2. The average molecular weight is 276 g/mol. The second-order valence-corrected chi connectivity index (χ2v) is 7.17. The Morgan fingerprint density at radius 1 is 1.20 bits per heavy atom. The summed E-state index contributed by atoms with van der Waals surface area (Å²) in [4.78, 5) is 2.39. The highest BCUT2D eigenvalue weighted by molar-refractivity contribution is 5.39. The molecule has 2 heterocycles. The highest BCUT2D eigenvalue weighted by atomic mass is 15.3. The summed E-state index contributed by atoms with van der Waals surface area (Å²) in [6.45, 7) is 12.9. The van der Waals surface area contributed by atoms with Gasteiger partial charge in [0.05, 0.1) is 5.69 Å². The van der Waals surface area contributed by atoms with E-state index in [-0.39, 0.29) is 5.54 Å². The molecule has 0 aromatic carbocycles. The standard InChI is InChI=1S/C16H28N4/c1-12-6-7-13(2)20(11-12)15-9-8-14(18-19-15)10-17-16(3,4)5/h8-9,12-13,17H,6-7,10-11H2,1-5H3. The molecule has 0 radical (unpaired) electrons. The van der Waals surface area contributed by atoms with Crippen molar-refractivity contribution in [3.05, 3.63) is 17.8 Å². The molecule has 1 fully saturated rings. The average Bonchev–Trinajstić information content (AvgIpc) is 2.39. The minimum Gasteiger partial charge on any atom is -0.352 e. The summed E-state index contributed by atoms with van der Waals surface area (Å²) in [6, 6.07) is 4.77. The SMILES string of the molecule is CC1CCC(C)N(c2ccc(CNC(C)(C)C)nn2)C1. The normalized spacial score (nSPS) is 23.9. The lowest BCUT2D eigenvalue weighted by Gasteiger charge is -2.37. The van der Waals surface area contributed by atoms with Crippen molar-refractivity contribution in [2.45, 2.75) is 65.6 Å². The molecule has 0 spiro atoms. The molecule has 0 saturated carbocycles. The maximum Gasteiger partial charge on any atom is 0.151 e. The first-order chi connectivity index (χ1) is 9.35. The van der Waals surface area contributed by atoms with Gasteiger partial charge in [-0.25, -0.2) is 0 Å². The molecule has 1 N–H and O–H groups in total. The quantitative estimate of drug-likeness (QED) is 0.921. The van der Waals surface area contributed by atoms with Crippen LogP contribution in [0.3, 0.4) is 0 Å². The van der Waals surface area contributed by atoms with E-state index in [1.807, 2.05) is 0 Å². The van der Waals surface area contributed by atoms with Crippen LogP contribution >= 0.6 is 0 Å². The van der Waals surface area contributed by atoms with Crippen LogP contribution in [0, 0.1) is 5.92 Å². The fraction of sp³-hybridized carbons (Fsp3) is 0.750. The van der Waals surface area contributed by atoms with Crippen molar-refractivity contribution in [1.29, 1.82) is 0 Å². The third-order valence-electron chi connectivity index (χ3n) is 3.92. The minimum absolute atomic E-state index is 0.108. The Hall–Kier alpha value is -1.16. The van der Waals surface area contributed by atoms with Crippen LogP contribution in [0.2, 0.25) is 0 Å². The van der Waals surface area contributed by atoms with Crippen molar-refractivity contribution in [2.75, 3.05) is 11.4 Å². The van der Waals surface area contributed by atoms with Gasteiger partial charge < -0.3 is 10.2 Å². The molecule has 4 nitrogen and oxygen atoms in total. The van der Waals surface area contributed by atoms with Crippen molar-refractivity contribution < 1.29 is 0 Å². The number of aromatic nitrogens is 2. The van der Waals surface area contributed by atoms with Gasteiger partial charge in [-0.05, 0) is 58.6 Å². The molecule has 20 heavy (non-hydrogen) atoms. The molecule has 1 saturated heterocycles. The van der Waals surface area contributed by atoms with E-state index >= 15 is 0 Å². The van der Waals surface area contributed by atoms with Gasteiger partial charge in [0, 0.05) is 24.7 Å². The van der Waals surface area contributed by atoms with E-state index in [1.165, 1.54) is 12.8 Å². The third-order valence-corrected chi connectivity index (χ3v) is 3.92. The largest absolute Gasteiger partial charge is 0.352 e. The number of nitrogens with zero attached hydrogens (tertiary/aromatic N) is 3. The Morgan fingerprint density at radius 3 is 2.55 bits per heavy atom. The second kappa shape index (κ2) is 6.08. The van der Waals surface area contributed by atoms with Gasteiger partial charge in [-0.1, -0.05) is 6.92 Å². The lowest BCUT2D eigenvalue weighted by molar-refractivity contribution is 0.387. The molecule has 0 bridgehead atoms. The van der Waals surface area contributed by atoms with Crippen LogP contribution in [0.1, 0.15) is 53.2 Å². The molecular weight excluding hydrogens is 248 g/mol. The van der Waals surface area contributed by atoms with Gasteiger partial charge in [0.25, 0.3) is 0 Å². The lowest BCUT2D eigenvalue weighted by atomic mass is 9.95. The fourth-order valence-electron chi connectivity index (χ4n) is 2.56. The number of anilines is 1. The molecule has 1 aromatic heterocycles. The topological polar surface area (TPSA) is 41.0 Å². The van der Waals surface area contributed by atoms with Crippen LogP contribution < -0.4 is 10.2 Å². The zero-order valence-corrected chi connectivity index (χ0v) is 13.5. The van der Waals surface area contributed by atoms with E-state index in [9.17, 15) is 0 Å². The van der Waals surface area contributed by atoms with Crippen LogP contribution in [0.15, 0.2) is 12.1 Å². The summed E-state index contributed by atoms with van der Waals surface area (Å²) < 4.78 is 0. The van der Waals surface area contributed by atoms with Crippen LogP contribution in [0.5, 0.6) is 0 Å². The molecule has 2 unspecified atom stereocenters. The smallest absolute Gasteiger partial charge is 0.151 e. The number of piperidine rings is 1. The molecule has 4 heteroatoms. The first-order valence-electron chi connectivity index (χ1n) is 7.69. The zero-order chi connectivity index (χ0) is 14.8. The van der Waals surface area contributed by atoms with Crippen LogP contribution in [-0.4, -0.2) is 28.3 Å². The Kier molecular flexibility index (Phi) is 4.63. The van der Waals surface area contributed by atoms with Crippen molar-refractivity contribution in [1.82, 2.24) is 15.5 Å². The van der Waals surface area contributed by atoms with Crippen LogP contribution in [0.25, 0.3) is 0 Å². The molecule has 0 aliphatic carbocycles. The molecule has 1 aliphatic heterocycles. The van der Waals surface area contributed by atoms with E-state index in [0.29, 0.717) is 6.04 Å². The molecular formula is C16H28N4. The van der Waals surface area contributed by atoms with E-state index in [4.69, 9.17) is 0 Å². The molecule has 0 amide bonds. The Labute approximate surface area is 123 Å². The maximum atomic E-state index is 4.42. The lowest BCUT2D eigenvalue weighted by Crippen LogP contribution is -2.41. The van der Waals surface area contributed by atoms with E-state index < -0.39 is 0 Å².